The van der Waals surface area contributed by atoms with Crippen molar-refractivity contribution in [2.75, 3.05) is 7.11 Å². The highest BCUT2D eigenvalue weighted by atomic mass is 28.3. The first-order valence-corrected chi connectivity index (χ1v) is 9.06. The van der Waals surface area contributed by atoms with Crippen molar-refractivity contribution in [3.63, 3.8) is 0 Å². The molecule has 0 saturated heterocycles. The molecular formula is C13H20O2Si. The van der Waals surface area contributed by atoms with Gasteiger partial charge in [0.1, 0.15) is 13.5 Å². The van der Waals surface area contributed by atoms with Crippen LogP contribution in [0.3, 0.4) is 0 Å². The fraction of sp³-hybridized carbons (Fsp3) is 0.462. The summed E-state index contributed by atoms with van der Waals surface area (Å²) in [5.74, 6) is 0. The molecule has 1 aromatic carbocycles. The van der Waals surface area contributed by atoms with Crippen molar-refractivity contribution < 1.29 is 9.53 Å². The molecule has 0 amide bonds. The minimum atomic E-state index is -1.69. The van der Waals surface area contributed by atoms with Crippen molar-refractivity contribution in [1.82, 2.24) is 0 Å². The van der Waals surface area contributed by atoms with Crippen molar-refractivity contribution in [1.29, 1.82) is 0 Å². The second-order valence-electron chi connectivity index (χ2n) is 5.01. The van der Waals surface area contributed by atoms with Crippen LogP contribution in [-0.4, -0.2) is 20.6 Å². The molecule has 0 aliphatic carbocycles. The topological polar surface area (TPSA) is 26.3 Å². The van der Waals surface area contributed by atoms with Crippen LogP contribution in [0.5, 0.6) is 0 Å². The second-order valence-corrected chi connectivity index (χ2v) is 10.1. The highest BCUT2D eigenvalue weighted by Crippen LogP contribution is 2.22. The molecule has 0 spiro atoms. The molecule has 88 valence electrons. The summed E-state index contributed by atoms with van der Waals surface area (Å²) in [6.07, 6.45) is 0.399. The maximum atomic E-state index is 12.0. The van der Waals surface area contributed by atoms with Crippen molar-refractivity contribution >= 4 is 13.5 Å². The summed E-state index contributed by atoms with van der Waals surface area (Å²) < 4.78 is 5.40. The van der Waals surface area contributed by atoms with E-state index < -0.39 is 8.07 Å². The van der Waals surface area contributed by atoms with E-state index in [1.807, 2.05) is 30.3 Å². The van der Waals surface area contributed by atoms with Gasteiger partial charge in [0.2, 0.25) is 0 Å². The third-order valence-electron chi connectivity index (χ3n) is 2.66. The van der Waals surface area contributed by atoms with Crippen LogP contribution in [0.25, 0.3) is 0 Å². The summed E-state index contributed by atoms with van der Waals surface area (Å²) in [6.45, 7) is 6.23. The molecule has 16 heavy (non-hydrogen) atoms. The zero-order valence-corrected chi connectivity index (χ0v) is 11.5. The van der Waals surface area contributed by atoms with E-state index in [4.69, 9.17) is 4.74 Å². The standard InChI is InChI=1S/C13H20O2Si/c1-15-12(10-13(14)16(2,3)4)11-8-6-5-7-9-11/h5-9,12H,10H2,1-4H3. The molecule has 1 aromatic rings. The van der Waals surface area contributed by atoms with Gasteiger partial charge < -0.3 is 9.53 Å². The van der Waals surface area contributed by atoms with Gasteiger partial charge >= 0.3 is 0 Å². The minimum Gasteiger partial charge on any atom is -0.376 e. The Balaban J connectivity index is 2.75. The normalized spacial score (nSPS) is 13.5. The average molecular weight is 236 g/mol. The molecule has 0 fully saturated rings. The maximum absolute atomic E-state index is 12.0. The molecule has 0 radical (unpaired) electrons. The monoisotopic (exact) mass is 236 g/mol. The highest BCUT2D eigenvalue weighted by molar-refractivity contribution is 7.03. The van der Waals surface area contributed by atoms with Gasteiger partial charge in [-0.2, -0.15) is 0 Å². The van der Waals surface area contributed by atoms with Gasteiger partial charge in [-0.15, -0.1) is 0 Å². The summed E-state index contributed by atoms with van der Waals surface area (Å²) in [6, 6.07) is 9.93. The summed E-state index contributed by atoms with van der Waals surface area (Å²) in [5, 5.41) is 0.364. The van der Waals surface area contributed by atoms with Crippen molar-refractivity contribution in [2.24, 2.45) is 0 Å². The number of hydrogen-bond acceptors (Lipinski definition) is 2. The van der Waals surface area contributed by atoms with E-state index >= 15 is 0 Å². The van der Waals surface area contributed by atoms with Crippen LogP contribution in [0.1, 0.15) is 18.1 Å². The number of carbonyl (C=O) groups is 1. The Morgan fingerprint density at radius 3 is 2.25 bits per heavy atom. The number of carbonyl (C=O) groups excluding carboxylic acids is 1. The Morgan fingerprint density at radius 1 is 1.25 bits per heavy atom. The minimum absolute atomic E-state index is 0.0968. The van der Waals surface area contributed by atoms with E-state index in [0.717, 1.165) is 5.56 Å². The summed E-state index contributed by atoms with van der Waals surface area (Å²) in [5.41, 5.74) is 1.08. The Kier molecular flexibility index (Phi) is 4.44. The largest absolute Gasteiger partial charge is 0.376 e. The molecule has 0 N–H and O–H groups in total. The number of ether oxygens (including phenoxy) is 1. The Hall–Kier alpha value is -0.933. The third-order valence-corrected chi connectivity index (χ3v) is 4.54. The first-order chi connectivity index (χ1) is 7.45. The predicted molar refractivity (Wildman–Crippen MR) is 69.2 cm³/mol. The number of rotatable bonds is 5. The van der Waals surface area contributed by atoms with E-state index in [2.05, 4.69) is 19.6 Å². The summed E-state index contributed by atoms with van der Waals surface area (Å²) >= 11 is 0. The fourth-order valence-electron chi connectivity index (χ4n) is 1.48. The van der Waals surface area contributed by atoms with Gasteiger partial charge in [0, 0.05) is 13.5 Å². The lowest BCUT2D eigenvalue weighted by molar-refractivity contribution is -0.115. The third kappa shape index (κ3) is 3.58. The molecule has 2 nitrogen and oxygen atoms in total. The molecule has 0 saturated carbocycles. The molecule has 0 aromatic heterocycles. The van der Waals surface area contributed by atoms with E-state index in [-0.39, 0.29) is 6.10 Å². The van der Waals surface area contributed by atoms with Crippen molar-refractivity contribution in [3.8, 4) is 0 Å². The molecule has 0 aliphatic rings. The average Bonchev–Trinajstić information content (AvgIpc) is 2.25. The van der Waals surface area contributed by atoms with E-state index in [9.17, 15) is 4.79 Å². The zero-order valence-electron chi connectivity index (χ0n) is 10.5. The SMILES string of the molecule is COC(CC(=O)[Si](C)(C)C)c1ccccc1. The van der Waals surface area contributed by atoms with Gasteiger partial charge in [-0.05, 0) is 5.56 Å². The molecule has 1 atom stereocenters. The van der Waals surface area contributed by atoms with Crippen LogP contribution in [-0.2, 0) is 9.53 Å². The van der Waals surface area contributed by atoms with Crippen LogP contribution >= 0.6 is 0 Å². The van der Waals surface area contributed by atoms with Crippen LogP contribution in [0.15, 0.2) is 30.3 Å². The predicted octanol–water partition coefficient (Wildman–Crippen LogP) is 3.21. The van der Waals surface area contributed by atoms with Crippen LogP contribution in [0.4, 0.5) is 0 Å². The number of hydrogen-bond donors (Lipinski definition) is 0. The Morgan fingerprint density at radius 2 is 1.81 bits per heavy atom. The first-order valence-electron chi connectivity index (χ1n) is 5.56. The lowest BCUT2D eigenvalue weighted by atomic mass is 10.1. The maximum Gasteiger partial charge on any atom is 0.124 e. The molecule has 1 unspecified atom stereocenters. The van der Waals surface area contributed by atoms with E-state index in [1.54, 1.807) is 7.11 Å². The first kappa shape index (κ1) is 13.1. The van der Waals surface area contributed by atoms with Crippen molar-refractivity contribution in [2.45, 2.75) is 32.2 Å². The zero-order chi connectivity index (χ0) is 12.2. The number of methoxy groups -OCH3 is 1. The lowest BCUT2D eigenvalue weighted by Crippen LogP contribution is -2.34. The Bertz CT molecular complexity index is 341. The van der Waals surface area contributed by atoms with Gasteiger partial charge in [-0.3, -0.25) is 0 Å². The molecule has 0 bridgehead atoms. The molecule has 3 heteroatoms. The fourth-order valence-corrected chi connectivity index (χ4v) is 2.28. The van der Waals surface area contributed by atoms with Crippen LogP contribution in [0, 0.1) is 0 Å². The van der Waals surface area contributed by atoms with Crippen LogP contribution < -0.4 is 0 Å². The molecule has 1 rings (SSSR count). The highest BCUT2D eigenvalue weighted by Gasteiger charge is 2.27. The smallest absolute Gasteiger partial charge is 0.124 e. The van der Waals surface area contributed by atoms with Gasteiger partial charge in [-0.1, -0.05) is 50.0 Å². The molecule has 0 heterocycles. The molecule has 0 aliphatic heterocycles. The lowest BCUT2D eigenvalue weighted by Gasteiger charge is -2.20. The van der Waals surface area contributed by atoms with Gasteiger partial charge in [0.05, 0.1) is 6.10 Å². The van der Waals surface area contributed by atoms with Gasteiger partial charge in [-0.25, -0.2) is 0 Å². The Labute approximate surface area is 98.6 Å². The summed E-state index contributed by atoms with van der Waals surface area (Å²) in [4.78, 5) is 12.0. The van der Waals surface area contributed by atoms with Crippen molar-refractivity contribution in [3.05, 3.63) is 35.9 Å². The second kappa shape index (κ2) is 5.41. The summed E-state index contributed by atoms with van der Waals surface area (Å²) in [7, 11) is -0.0296. The quantitative estimate of drug-likeness (QED) is 0.734. The molecular weight excluding hydrogens is 216 g/mol. The van der Waals surface area contributed by atoms with Crippen LogP contribution in [0.2, 0.25) is 19.6 Å². The van der Waals surface area contributed by atoms with Gasteiger partial charge in [0.15, 0.2) is 0 Å². The van der Waals surface area contributed by atoms with Gasteiger partial charge in [0.25, 0.3) is 0 Å². The van der Waals surface area contributed by atoms with E-state index in [1.165, 1.54) is 0 Å². The number of benzene rings is 1. The van der Waals surface area contributed by atoms with E-state index in [0.29, 0.717) is 11.8 Å².